The maximum atomic E-state index is 5.28. The van der Waals surface area contributed by atoms with Crippen LogP contribution >= 0.6 is 0 Å². The number of nitrogens with zero attached hydrogens (tertiary/aromatic N) is 4. The molecule has 0 amide bonds. The molecule has 63 heavy (non-hydrogen) atoms. The lowest BCUT2D eigenvalue weighted by Crippen LogP contribution is -2.06. The van der Waals surface area contributed by atoms with Crippen molar-refractivity contribution in [2.45, 2.75) is 13.3 Å². The highest BCUT2D eigenvalue weighted by molar-refractivity contribution is 6.13. The number of rotatable bonds is 7. The Kier molecular flexibility index (Phi) is 8.82. The molecule has 4 heteroatoms. The third-order valence-electron chi connectivity index (χ3n) is 12.9. The Labute approximate surface area is 366 Å². The minimum atomic E-state index is 0.402. The monoisotopic (exact) mass is 806 g/mol. The summed E-state index contributed by atoms with van der Waals surface area (Å²) >= 11 is 0. The van der Waals surface area contributed by atoms with Crippen LogP contribution in [0.3, 0.4) is 0 Å². The fourth-order valence-electron chi connectivity index (χ4n) is 9.68. The summed E-state index contributed by atoms with van der Waals surface area (Å²) in [5.74, 6) is 1.07. The van der Waals surface area contributed by atoms with E-state index in [4.69, 9.17) is 9.97 Å². The number of allylic oxidation sites excluding steroid dienone is 4. The first kappa shape index (κ1) is 36.7. The van der Waals surface area contributed by atoms with Crippen LogP contribution in [0.5, 0.6) is 0 Å². The zero-order valence-corrected chi connectivity index (χ0v) is 34.9. The topological polar surface area (TPSA) is 35.6 Å². The van der Waals surface area contributed by atoms with Gasteiger partial charge in [0.15, 0.2) is 0 Å². The van der Waals surface area contributed by atoms with Crippen LogP contribution < -0.4 is 0 Å². The van der Waals surface area contributed by atoms with Gasteiger partial charge in [-0.25, -0.2) is 9.97 Å². The number of hydrogen-bond acceptors (Lipinski definition) is 2. The van der Waals surface area contributed by atoms with E-state index in [1.165, 1.54) is 71.5 Å². The van der Waals surface area contributed by atoms with Crippen molar-refractivity contribution in [1.29, 1.82) is 0 Å². The number of aromatic nitrogens is 4. The molecule has 12 rings (SSSR count). The molecule has 0 spiro atoms. The molecule has 298 valence electrons. The SMILES string of the molecule is CC1CC=C(c2ccnc(-n3c4ccccc4c4cc(-c5ccc6c(c5)c5cc(-c7ccccc7)ccc5n6-c5ccccc5)ccc43)n2)C=C1c1ccc(-c2ccccc2)cc1. The Bertz CT molecular complexity index is 3580. The van der Waals surface area contributed by atoms with Gasteiger partial charge in [0.25, 0.3) is 0 Å². The molecule has 0 aliphatic heterocycles. The van der Waals surface area contributed by atoms with Crippen molar-refractivity contribution in [3.05, 3.63) is 230 Å². The summed E-state index contributed by atoms with van der Waals surface area (Å²) in [5, 5.41) is 4.80. The highest BCUT2D eigenvalue weighted by atomic mass is 15.2. The molecule has 1 aliphatic rings. The third kappa shape index (κ3) is 6.38. The van der Waals surface area contributed by atoms with Gasteiger partial charge in [-0.15, -0.1) is 0 Å². The molecular weight excluding hydrogens is 765 g/mol. The van der Waals surface area contributed by atoms with Gasteiger partial charge in [-0.1, -0.05) is 153 Å². The maximum absolute atomic E-state index is 5.28. The van der Waals surface area contributed by atoms with Crippen LogP contribution in [-0.4, -0.2) is 19.1 Å². The third-order valence-corrected chi connectivity index (χ3v) is 12.9. The van der Waals surface area contributed by atoms with Crippen molar-refractivity contribution in [3.63, 3.8) is 0 Å². The predicted octanol–water partition coefficient (Wildman–Crippen LogP) is 15.2. The van der Waals surface area contributed by atoms with Crippen molar-refractivity contribution in [2.75, 3.05) is 0 Å². The second-order valence-corrected chi connectivity index (χ2v) is 16.7. The van der Waals surface area contributed by atoms with Crippen LogP contribution in [0.2, 0.25) is 0 Å². The van der Waals surface area contributed by atoms with Crippen molar-refractivity contribution in [1.82, 2.24) is 19.1 Å². The van der Waals surface area contributed by atoms with Crippen molar-refractivity contribution in [3.8, 4) is 45.0 Å². The Balaban J connectivity index is 0.939. The van der Waals surface area contributed by atoms with Gasteiger partial charge in [-0.3, -0.25) is 4.57 Å². The molecule has 3 heterocycles. The summed E-state index contributed by atoms with van der Waals surface area (Å²) in [6, 6.07) is 72.2. The van der Waals surface area contributed by atoms with E-state index in [-0.39, 0.29) is 0 Å². The Hall–Kier alpha value is -8.08. The minimum absolute atomic E-state index is 0.402. The van der Waals surface area contributed by atoms with Crippen LogP contribution in [0.1, 0.15) is 24.6 Å². The van der Waals surface area contributed by atoms with E-state index >= 15 is 0 Å². The molecule has 8 aromatic carbocycles. The van der Waals surface area contributed by atoms with E-state index in [0.717, 1.165) is 40.0 Å². The minimum Gasteiger partial charge on any atom is -0.309 e. The summed E-state index contributed by atoms with van der Waals surface area (Å²) in [4.78, 5) is 10.2. The number of para-hydroxylation sites is 2. The van der Waals surface area contributed by atoms with E-state index in [1.807, 2.05) is 12.3 Å². The first-order chi connectivity index (χ1) is 31.1. The van der Waals surface area contributed by atoms with E-state index in [9.17, 15) is 0 Å². The zero-order valence-electron chi connectivity index (χ0n) is 34.9. The summed E-state index contributed by atoms with van der Waals surface area (Å²) in [6.45, 7) is 2.31. The van der Waals surface area contributed by atoms with Crippen LogP contribution in [0.25, 0.3) is 99.8 Å². The van der Waals surface area contributed by atoms with Crippen molar-refractivity contribution >= 4 is 54.8 Å². The maximum Gasteiger partial charge on any atom is 0.235 e. The van der Waals surface area contributed by atoms with E-state index in [2.05, 4.69) is 222 Å². The van der Waals surface area contributed by atoms with Gasteiger partial charge in [0.05, 0.1) is 27.8 Å². The van der Waals surface area contributed by atoms with Crippen LogP contribution in [0.4, 0.5) is 0 Å². The van der Waals surface area contributed by atoms with Gasteiger partial charge in [-0.2, -0.15) is 0 Å². The summed E-state index contributed by atoms with van der Waals surface area (Å²) in [5.41, 5.74) is 17.5. The molecule has 1 aliphatic carbocycles. The molecular formula is C59H42N4. The lowest BCUT2D eigenvalue weighted by atomic mass is 9.84. The summed E-state index contributed by atoms with van der Waals surface area (Å²) < 4.78 is 4.61. The van der Waals surface area contributed by atoms with Gasteiger partial charge in [0.1, 0.15) is 0 Å². The van der Waals surface area contributed by atoms with Crippen LogP contribution in [-0.2, 0) is 0 Å². The molecule has 1 unspecified atom stereocenters. The Morgan fingerprint density at radius 1 is 0.429 bits per heavy atom. The van der Waals surface area contributed by atoms with Gasteiger partial charge in [0.2, 0.25) is 5.95 Å². The molecule has 0 saturated carbocycles. The smallest absolute Gasteiger partial charge is 0.235 e. The number of fused-ring (bicyclic) bond motifs is 6. The van der Waals surface area contributed by atoms with Gasteiger partial charge in [0, 0.05) is 33.4 Å². The lowest BCUT2D eigenvalue weighted by molar-refractivity contribution is 0.760. The second kappa shape index (κ2) is 15.1. The Morgan fingerprint density at radius 3 is 1.56 bits per heavy atom. The summed E-state index contributed by atoms with van der Waals surface area (Å²) in [7, 11) is 0. The van der Waals surface area contributed by atoms with E-state index in [1.54, 1.807) is 0 Å². The van der Waals surface area contributed by atoms with Crippen molar-refractivity contribution in [2.24, 2.45) is 5.92 Å². The molecule has 3 aromatic heterocycles. The lowest BCUT2D eigenvalue weighted by Gasteiger charge is -2.21. The van der Waals surface area contributed by atoms with Crippen LogP contribution in [0, 0.1) is 5.92 Å². The fraction of sp³-hybridized carbons (Fsp3) is 0.0508. The van der Waals surface area contributed by atoms with Crippen LogP contribution in [0.15, 0.2) is 219 Å². The number of hydrogen-bond donors (Lipinski definition) is 0. The van der Waals surface area contributed by atoms with Gasteiger partial charge < -0.3 is 4.57 Å². The molecule has 1 atom stereocenters. The Morgan fingerprint density at radius 2 is 0.905 bits per heavy atom. The normalized spacial score (nSPS) is 14.1. The molecule has 4 nitrogen and oxygen atoms in total. The average molecular weight is 807 g/mol. The predicted molar refractivity (Wildman–Crippen MR) is 263 cm³/mol. The quantitative estimate of drug-likeness (QED) is 0.161. The molecule has 0 N–H and O–H groups in total. The standard InChI is InChI=1S/C59H42N4/c1-39-21-22-47(38-50(39)43-25-23-42(24-26-43)40-13-5-2-6-14-40)54-33-34-60-59(61-54)63-55-20-12-11-19-49(55)51-36-45(29-32-58(51)63)46-28-31-57-53(37-46)52-35-44(41-15-7-3-8-16-41)27-30-56(52)62(57)48-17-9-4-10-18-48/h2-20,22-39H,21H2,1H3. The highest BCUT2D eigenvalue weighted by Crippen LogP contribution is 2.40. The first-order valence-electron chi connectivity index (χ1n) is 21.8. The van der Waals surface area contributed by atoms with Gasteiger partial charge in [-0.05, 0) is 129 Å². The molecule has 0 fully saturated rings. The van der Waals surface area contributed by atoms with E-state index in [0.29, 0.717) is 11.9 Å². The highest BCUT2D eigenvalue weighted by Gasteiger charge is 2.20. The average Bonchev–Trinajstić information content (AvgIpc) is 3.87. The second-order valence-electron chi connectivity index (χ2n) is 16.7. The zero-order chi connectivity index (χ0) is 41.9. The molecule has 0 bridgehead atoms. The molecule has 11 aromatic rings. The fourth-order valence-corrected chi connectivity index (χ4v) is 9.68. The number of benzene rings is 8. The van der Waals surface area contributed by atoms with E-state index < -0.39 is 0 Å². The van der Waals surface area contributed by atoms with Gasteiger partial charge >= 0.3 is 0 Å². The molecule has 0 saturated heterocycles. The largest absolute Gasteiger partial charge is 0.309 e. The van der Waals surface area contributed by atoms with Crippen molar-refractivity contribution < 1.29 is 0 Å². The molecule has 0 radical (unpaired) electrons. The first-order valence-corrected chi connectivity index (χ1v) is 21.8. The summed E-state index contributed by atoms with van der Waals surface area (Å²) in [6.07, 6.45) is 7.50.